The van der Waals surface area contributed by atoms with Crippen LogP contribution in [0.15, 0.2) is 30.3 Å². The van der Waals surface area contributed by atoms with Crippen LogP contribution in [0.2, 0.25) is 0 Å². The molecule has 2 aromatic carbocycles. The zero-order valence-corrected chi connectivity index (χ0v) is 11.8. The van der Waals surface area contributed by atoms with E-state index in [4.69, 9.17) is 0 Å². The van der Waals surface area contributed by atoms with E-state index >= 15 is 0 Å². The summed E-state index contributed by atoms with van der Waals surface area (Å²) in [6.07, 6.45) is 2.47. The highest BCUT2D eigenvalue weighted by atomic mass is 16.3. The van der Waals surface area contributed by atoms with Crippen LogP contribution < -0.4 is 0 Å². The Morgan fingerprint density at radius 1 is 1.00 bits per heavy atom. The van der Waals surface area contributed by atoms with Gasteiger partial charge in [-0.3, -0.25) is 0 Å². The maximum Gasteiger partial charge on any atom is 0.121 e. The highest BCUT2D eigenvalue weighted by Crippen LogP contribution is 2.36. The van der Waals surface area contributed by atoms with Gasteiger partial charge in [0, 0.05) is 0 Å². The number of fused-ring (bicyclic) bond motifs is 1. The van der Waals surface area contributed by atoms with Crippen LogP contribution in [0.5, 0.6) is 5.75 Å². The topological polar surface area (TPSA) is 20.2 Å². The van der Waals surface area contributed by atoms with Crippen molar-refractivity contribution >= 4 is 0 Å². The lowest BCUT2D eigenvalue weighted by atomic mass is 9.96. The van der Waals surface area contributed by atoms with Crippen molar-refractivity contribution < 1.29 is 5.11 Å². The smallest absolute Gasteiger partial charge is 0.121 e. The molecule has 19 heavy (non-hydrogen) atoms. The number of benzene rings is 2. The fraction of sp³-hybridized carbons (Fsp3) is 0.333. The van der Waals surface area contributed by atoms with E-state index in [0.29, 0.717) is 11.7 Å². The van der Waals surface area contributed by atoms with Crippen molar-refractivity contribution in [2.24, 2.45) is 0 Å². The molecule has 1 atom stereocenters. The lowest BCUT2D eigenvalue weighted by Crippen LogP contribution is -1.89. The third kappa shape index (κ3) is 2.03. The van der Waals surface area contributed by atoms with E-state index in [1.54, 1.807) is 0 Å². The summed E-state index contributed by atoms with van der Waals surface area (Å²) in [5.41, 5.74) is 7.37. The molecular weight excluding hydrogens is 232 g/mol. The van der Waals surface area contributed by atoms with E-state index in [1.807, 2.05) is 13.8 Å². The van der Waals surface area contributed by atoms with Gasteiger partial charge in [-0.15, -0.1) is 0 Å². The van der Waals surface area contributed by atoms with E-state index in [9.17, 15) is 5.11 Å². The summed E-state index contributed by atoms with van der Waals surface area (Å²) in [7, 11) is 0. The average molecular weight is 252 g/mol. The molecule has 1 unspecified atom stereocenters. The first-order chi connectivity index (χ1) is 9.06. The normalized spacial score (nSPS) is 17.5. The first-order valence-electron chi connectivity index (χ1n) is 6.99. The third-order valence-electron chi connectivity index (χ3n) is 4.34. The number of phenols is 1. The van der Waals surface area contributed by atoms with Crippen LogP contribution in [-0.4, -0.2) is 5.11 Å². The summed E-state index contributed by atoms with van der Waals surface area (Å²) in [4.78, 5) is 0. The Hall–Kier alpha value is -1.76. The molecular formula is C18H20O. The van der Waals surface area contributed by atoms with Gasteiger partial charge in [-0.2, -0.15) is 0 Å². The molecule has 0 spiro atoms. The standard InChI is InChI=1S/C18H20O/c1-11-4-5-15-10-14(6-7-17(11)15)16-8-12(2)18(19)13(3)9-16/h6-11,19H,4-5H2,1-3H3. The summed E-state index contributed by atoms with van der Waals surface area (Å²) < 4.78 is 0. The average Bonchev–Trinajstić information content (AvgIpc) is 2.76. The Balaban J connectivity index is 2.08. The van der Waals surface area contributed by atoms with E-state index in [-0.39, 0.29) is 0 Å². The van der Waals surface area contributed by atoms with Crippen molar-refractivity contribution in [3.63, 3.8) is 0 Å². The molecule has 1 N–H and O–H groups in total. The third-order valence-corrected chi connectivity index (χ3v) is 4.34. The first-order valence-corrected chi connectivity index (χ1v) is 6.99. The Kier molecular flexibility index (Phi) is 2.85. The monoisotopic (exact) mass is 252 g/mol. The van der Waals surface area contributed by atoms with Gasteiger partial charge in [0.25, 0.3) is 0 Å². The lowest BCUT2D eigenvalue weighted by Gasteiger charge is -2.10. The van der Waals surface area contributed by atoms with Crippen molar-refractivity contribution in [3.8, 4) is 16.9 Å². The lowest BCUT2D eigenvalue weighted by molar-refractivity contribution is 0.467. The molecule has 0 aromatic heterocycles. The fourth-order valence-electron chi connectivity index (χ4n) is 3.13. The molecule has 0 aliphatic heterocycles. The molecule has 1 heteroatoms. The summed E-state index contributed by atoms with van der Waals surface area (Å²) in [5, 5.41) is 9.87. The van der Waals surface area contributed by atoms with Gasteiger partial charge in [-0.25, -0.2) is 0 Å². The fourth-order valence-corrected chi connectivity index (χ4v) is 3.13. The van der Waals surface area contributed by atoms with Crippen LogP contribution in [-0.2, 0) is 6.42 Å². The summed E-state index contributed by atoms with van der Waals surface area (Å²) in [6.45, 7) is 6.23. The van der Waals surface area contributed by atoms with Gasteiger partial charge < -0.3 is 5.11 Å². The molecule has 1 nitrogen and oxygen atoms in total. The van der Waals surface area contributed by atoms with Gasteiger partial charge in [-0.1, -0.05) is 25.1 Å². The van der Waals surface area contributed by atoms with Gasteiger partial charge in [-0.05, 0) is 78.1 Å². The van der Waals surface area contributed by atoms with Gasteiger partial charge in [0.2, 0.25) is 0 Å². The number of hydrogen-bond acceptors (Lipinski definition) is 1. The second-order valence-electron chi connectivity index (χ2n) is 5.81. The van der Waals surface area contributed by atoms with E-state index < -0.39 is 0 Å². The van der Waals surface area contributed by atoms with E-state index in [2.05, 4.69) is 37.3 Å². The SMILES string of the molecule is Cc1cc(-c2ccc3c(c2)CCC3C)cc(C)c1O. The van der Waals surface area contributed by atoms with Gasteiger partial charge in [0.1, 0.15) is 5.75 Å². The van der Waals surface area contributed by atoms with E-state index in [1.165, 1.54) is 35.1 Å². The molecule has 0 saturated carbocycles. The number of aromatic hydroxyl groups is 1. The molecule has 2 aromatic rings. The molecule has 0 amide bonds. The zero-order chi connectivity index (χ0) is 13.6. The largest absolute Gasteiger partial charge is 0.507 e. The van der Waals surface area contributed by atoms with Crippen LogP contribution in [0.25, 0.3) is 11.1 Å². The predicted molar refractivity (Wildman–Crippen MR) is 79.8 cm³/mol. The van der Waals surface area contributed by atoms with Crippen molar-refractivity contribution in [3.05, 3.63) is 52.6 Å². The predicted octanol–water partition coefficient (Wildman–Crippen LogP) is 4.73. The van der Waals surface area contributed by atoms with E-state index in [0.717, 1.165) is 11.1 Å². The van der Waals surface area contributed by atoms with Crippen molar-refractivity contribution in [2.75, 3.05) is 0 Å². The van der Waals surface area contributed by atoms with Crippen LogP contribution in [0.1, 0.15) is 41.5 Å². The minimum Gasteiger partial charge on any atom is -0.507 e. The number of rotatable bonds is 1. The molecule has 0 saturated heterocycles. The second-order valence-corrected chi connectivity index (χ2v) is 5.81. The molecule has 98 valence electrons. The molecule has 3 rings (SSSR count). The minimum absolute atomic E-state index is 0.415. The Labute approximate surface area is 114 Å². The highest BCUT2D eigenvalue weighted by Gasteiger charge is 2.18. The molecule has 1 aliphatic rings. The second kappa shape index (κ2) is 4.41. The van der Waals surface area contributed by atoms with Crippen LogP contribution in [0.4, 0.5) is 0 Å². The van der Waals surface area contributed by atoms with Crippen molar-refractivity contribution in [1.29, 1.82) is 0 Å². The molecule has 0 radical (unpaired) electrons. The summed E-state index contributed by atoms with van der Waals surface area (Å²) in [6, 6.07) is 11.0. The van der Waals surface area contributed by atoms with Gasteiger partial charge >= 0.3 is 0 Å². The van der Waals surface area contributed by atoms with Crippen molar-refractivity contribution in [2.45, 2.75) is 39.5 Å². The van der Waals surface area contributed by atoms with Crippen LogP contribution in [0, 0.1) is 13.8 Å². The van der Waals surface area contributed by atoms with Crippen LogP contribution >= 0.6 is 0 Å². The molecule has 1 aliphatic carbocycles. The van der Waals surface area contributed by atoms with Crippen LogP contribution in [0.3, 0.4) is 0 Å². The number of aryl methyl sites for hydroxylation is 3. The number of hydrogen-bond donors (Lipinski definition) is 1. The zero-order valence-electron chi connectivity index (χ0n) is 11.8. The first kappa shape index (κ1) is 12.3. The quantitative estimate of drug-likeness (QED) is 0.778. The minimum atomic E-state index is 0.415. The van der Waals surface area contributed by atoms with Gasteiger partial charge in [0.05, 0.1) is 0 Å². The van der Waals surface area contributed by atoms with Gasteiger partial charge in [0.15, 0.2) is 0 Å². The summed E-state index contributed by atoms with van der Waals surface area (Å²) in [5.74, 6) is 1.12. The molecule has 0 fully saturated rings. The molecule has 0 bridgehead atoms. The summed E-state index contributed by atoms with van der Waals surface area (Å²) >= 11 is 0. The Morgan fingerprint density at radius 2 is 1.68 bits per heavy atom. The maximum absolute atomic E-state index is 9.87. The maximum atomic E-state index is 9.87. The Bertz CT molecular complexity index is 617. The highest BCUT2D eigenvalue weighted by molar-refractivity contribution is 5.68. The number of phenolic OH excluding ortho intramolecular Hbond substituents is 1. The molecule has 0 heterocycles. The van der Waals surface area contributed by atoms with Crippen molar-refractivity contribution in [1.82, 2.24) is 0 Å². The Morgan fingerprint density at radius 3 is 2.37 bits per heavy atom.